The number of fused-ring (bicyclic) bond motifs is 2. The van der Waals surface area contributed by atoms with E-state index < -0.39 is 0 Å². The molecular formula is C23H18N2O. The maximum absolute atomic E-state index is 13.2. The predicted octanol–water partition coefficient (Wildman–Crippen LogP) is 5.23. The van der Waals surface area contributed by atoms with Gasteiger partial charge in [0, 0.05) is 33.9 Å². The van der Waals surface area contributed by atoms with Gasteiger partial charge in [-0.2, -0.15) is 0 Å². The lowest BCUT2D eigenvalue weighted by Crippen LogP contribution is -2.28. The standard InChI is InChI=1S/C23H18N2O/c1-15-10-12-16(13-11-15)25-22(18-7-2-3-8-19(18)23(25)26)20-14-24-21-9-5-4-6-17(20)21/h2-14,22,24H,1H3/t22-/m0/s1. The number of benzene rings is 3. The Morgan fingerprint density at radius 1 is 0.846 bits per heavy atom. The molecule has 0 fully saturated rings. The molecule has 5 rings (SSSR count). The van der Waals surface area contributed by atoms with Crippen LogP contribution in [-0.4, -0.2) is 10.9 Å². The summed E-state index contributed by atoms with van der Waals surface area (Å²) >= 11 is 0. The Labute approximate surface area is 151 Å². The molecule has 0 spiro atoms. The number of nitrogens with zero attached hydrogens (tertiary/aromatic N) is 1. The molecule has 0 saturated carbocycles. The highest BCUT2D eigenvalue weighted by atomic mass is 16.2. The van der Waals surface area contributed by atoms with E-state index in [9.17, 15) is 4.79 Å². The van der Waals surface area contributed by atoms with E-state index in [1.807, 2.05) is 53.6 Å². The fraction of sp³-hybridized carbons (Fsp3) is 0.0870. The quantitative estimate of drug-likeness (QED) is 0.534. The normalized spacial score (nSPS) is 16.3. The number of carbonyl (C=O) groups excluding carboxylic acids is 1. The van der Waals surface area contributed by atoms with Crippen LogP contribution >= 0.6 is 0 Å². The summed E-state index contributed by atoms with van der Waals surface area (Å²) in [5.41, 5.74) is 6.16. The highest BCUT2D eigenvalue weighted by Gasteiger charge is 2.39. The second kappa shape index (κ2) is 5.60. The number of nitrogens with one attached hydrogen (secondary N) is 1. The van der Waals surface area contributed by atoms with E-state index >= 15 is 0 Å². The molecular weight excluding hydrogens is 320 g/mol. The van der Waals surface area contributed by atoms with Crippen molar-refractivity contribution in [3.8, 4) is 0 Å². The van der Waals surface area contributed by atoms with Crippen LogP contribution in [0.25, 0.3) is 10.9 Å². The van der Waals surface area contributed by atoms with E-state index in [-0.39, 0.29) is 11.9 Å². The van der Waals surface area contributed by atoms with Crippen molar-refractivity contribution in [1.29, 1.82) is 0 Å². The zero-order chi connectivity index (χ0) is 17.7. The van der Waals surface area contributed by atoms with Crippen molar-refractivity contribution in [2.24, 2.45) is 0 Å². The average Bonchev–Trinajstić information content (AvgIpc) is 3.22. The van der Waals surface area contributed by atoms with Crippen LogP contribution in [0.3, 0.4) is 0 Å². The second-order valence-corrected chi connectivity index (χ2v) is 6.79. The fourth-order valence-corrected chi connectivity index (χ4v) is 3.91. The van der Waals surface area contributed by atoms with E-state index in [0.717, 1.165) is 33.3 Å². The van der Waals surface area contributed by atoms with Crippen molar-refractivity contribution in [3.05, 3.63) is 101 Å². The van der Waals surface area contributed by atoms with Crippen LogP contribution in [-0.2, 0) is 0 Å². The predicted molar refractivity (Wildman–Crippen MR) is 105 cm³/mol. The van der Waals surface area contributed by atoms with Crippen LogP contribution in [0.5, 0.6) is 0 Å². The van der Waals surface area contributed by atoms with Gasteiger partial charge in [0.2, 0.25) is 0 Å². The van der Waals surface area contributed by atoms with Crippen LogP contribution < -0.4 is 4.90 Å². The number of amides is 1. The minimum Gasteiger partial charge on any atom is -0.361 e. The lowest BCUT2D eigenvalue weighted by Gasteiger charge is -2.25. The molecule has 126 valence electrons. The van der Waals surface area contributed by atoms with Gasteiger partial charge in [-0.05, 0) is 36.8 Å². The number of hydrogen-bond acceptors (Lipinski definition) is 1. The SMILES string of the molecule is Cc1ccc(N2C(=O)c3ccccc3[C@H]2c2c[nH]c3ccccc23)cc1. The molecule has 0 aliphatic carbocycles. The largest absolute Gasteiger partial charge is 0.361 e. The fourth-order valence-electron chi connectivity index (χ4n) is 3.91. The van der Waals surface area contributed by atoms with Gasteiger partial charge in [-0.1, -0.05) is 54.1 Å². The smallest absolute Gasteiger partial charge is 0.259 e. The van der Waals surface area contributed by atoms with Gasteiger partial charge in [0.1, 0.15) is 0 Å². The minimum absolute atomic E-state index is 0.0553. The summed E-state index contributed by atoms with van der Waals surface area (Å²) in [6, 6.07) is 24.2. The van der Waals surface area contributed by atoms with Gasteiger partial charge in [-0.15, -0.1) is 0 Å². The zero-order valence-corrected chi connectivity index (χ0v) is 14.4. The number of aromatic amines is 1. The first-order chi connectivity index (χ1) is 12.7. The summed E-state index contributed by atoms with van der Waals surface area (Å²) in [4.78, 5) is 18.5. The summed E-state index contributed by atoms with van der Waals surface area (Å²) in [6.07, 6.45) is 2.03. The first-order valence-corrected chi connectivity index (χ1v) is 8.79. The first-order valence-electron chi connectivity index (χ1n) is 8.79. The third-order valence-corrected chi connectivity index (χ3v) is 5.19. The Bertz CT molecular complexity index is 1120. The number of hydrogen-bond donors (Lipinski definition) is 1. The van der Waals surface area contributed by atoms with E-state index in [2.05, 4.69) is 42.2 Å². The van der Waals surface area contributed by atoms with Crippen LogP contribution in [0.2, 0.25) is 0 Å². The third kappa shape index (κ3) is 2.10. The van der Waals surface area contributed by atoms with Gasteiger partial charge < -0.3 is 4.98 Å². The van der Waals surface area contributed by atoms with Gasteiger partial charge in [-0.25, -0.2) is 0 Å². The lowest BCUT2D eigenvalue weighted by atomic mass is 9.97. The molecule has 3 heteroatoms. The monoisotopic (exact) mass is 338 g/mol. The number of carbonyl (C=O) groups is 1. The zero-order valence-electron chi connectivity index (χ0n) is 14.4. The summed E-state index contributed by atoms with van der Waals surface area (Å²) in [5.74, 6) is 0.0553. The molecule has 0 unspecified atom stereocenters. The highest BCUT2D eigenvalue weighted by molar-refractivity contribution is 6.12. The van der Waals surface area contributed by atoms with Crippen LogP contribution in [0.15, 0.2) is 79.0 Å². The number of aryl methyl sites for hydroxylation is 1. The van der Waals surface area contributed by atoms with Crippen LogP contribution in [0, 0.1) is 6.92 Å². The van der Waals surface area contributed by atoms with E-state index in [0.29, 0.717) is 0 Å². The number of para-hydroxylation sites is 1. The molecule has 0 bridgehead atoms. The Balaban J connectivity index is 1.75. The summed E-state index contributed by atoms with van der Waals surface area (Å²) < 4.78 is 0. The summed E-state index contributed by atoms with van der Waals surface area (Å²) in [7, 11) is 0. The maximum atomic E-state index is 13.2. The highest BCUT2D eigenvalue weighted by Crippen LogP contribution is 2.43. The van der Waals surface area contributed by atoms with Crippen molar-refractivity contribution in [1.82, 2.24) is 4.98 Å². The molecule has 1 N–H and O–H groups in total. The molecule has 3 aromatic carbocycles. The topological polar surface area (TPSA) is 36.1 Å². The van der Waals surface area contributed by atoms with E-state index in [1.165, 1.54) is 5.56 Å². The van der Waals surface area contributed by atoms with Gasteiger partial charge in [0.15, 0.2) is 0 Å². The lowest BCUT2D eigenvalue weighted by molar-refractivity contribution is 0.0993. The van der Waals surface area contributed by atoms with Gasteiger partial charge in [0.05, 0.1) is 6.04 Å². The van der Waals surface area contributed by atoms with Crippen LogP contribution in [0.1, 0.15) is 33.1 Å². The molecule has 26 heavy (non-hydrogen) atoms. The Kier molecular flexibility index (Phi) is 3.22. The van der Waals surface area contributed by atoms with Gasteiger partial charge in [0.25, 0.3) is 5.91 Å². The van der Waals surface area contributed by atoms with Crippen LogP contribution in [0.4, 0.5) is 5.69 Å². The molecule has 0 saturated heterocycles. The van der Waals surface area contributed by atoms with E-state index in [1.54, 1.807) is 0 Å². The van der Waals surface area contributed by atoms with Crippen molar-refractivity contribution in [2.75, 3.05) is 4.90 Å². The second-order valence-electron chi connectivity index (χ2n) is 6.79. The average molecular weight is 338 g/mol. The Hall–Kier alpha value is -3.33. The van der Waals surface area contributed by atoms with Gasteiger partial charge in [-0.3, -0.25) is 9.69 Å². The van der Waals surface area contributed by atoms with Crippen molar-refractivity contribution < 1.29 is 4.79 Å². The minimum atomic E-state index is -0.127. The number of H-pyrrole nitrogens is 1. The number of rotatable bonds is 2. The molecule has 1 aliphatic rings. The maximum Gasteiger partial charge on any atom is 0.259 e. The molecule has 0 radical (unpaired) electrons. The molecule has 1 aliphatic heterocycles. The number of anilines is 1. The van der Waals surface area contributed by atoms with Crippen molar-refractivity contribution >= 4 is 22.5 Å². The molecule has 3 nitrogen and oxygen atoms in total. The summed E-state index contributed by atoms with van der Waals surface area (Å²) in [5, 5.41) is 1.15. The molecule has 2 heterocycles. The van der Waals surface area contributed by atoms with Crippen molar-refractivity contribution in [2.45, 2.75) is 13.0 Å². The molecule has 1 atom stereocenters. The third-order valence-electron chi connectivity index (χ3n) is 5.19. The van der Waals surface area contributed by atoms with Gasteiger partial charge >= 0.3 is 0 Å². The molecule has 1 amide bonds. The summed E-state index contributed by atoms with van der Waals surface area (Å²) in [6.45, 7) is 2.06. The Morgan fingerprint density at radius 3 is 2.42 bits per heavy atom. The molecule has 1 aromatic heterocycles. The Morgan fingerprint density at radius 2 is 1.58 bits per heavy atom. The number of aromatic nitrogens is 1. The molecule has 4 aromatic rings. The first kappa shape index (κ1) is 15.0. The van der Waals surface area contributed by atoms with E-state index in [4.69, 9.17) is 0 Å². The van der Waals surface area contributed by atoms with Crippen molar-refractivity contribution in [3.63, 3.8) is 0 Å².